The van der Waals surface area contributed by atoms with Gasteiger partial charge in [0.15, 0.2) is 0 Å². The van der Waals surface area contributed by atoms with Crippen molar-refractivity contribution < 1.29 is 28.6 Å². The van der Waals surface area contributed by atoms with Crippen LogP contribution >= 0.6 is 0 Å². The zero-order valence-electron chi connectivity index (χ0n) is 28.7. The Hall–Kier alpha value is -4.33. The number of hydrogen-bond donors (Lipinski definition) is 0. The van der Waals surface area contributed by atoms with Gasteiger partial charge in [0.05, 0.1) is 0 Å². The lowest BCUT2D eigenvalue weighted by atomic mass is 9.91. The number of fused-ring (bicyclic) bond motifs is 1. The van der Waals surface area contributed by atoms with Crippen molar-refractivity contribution in [3.05, 3.63) is 100 Å². The molecule has 0 saturated heterocycles. The quantitative estimate of drug-likeness (QED) is 0.251. The summed E-state index contributed by atoms with van der Waals surface area (Å²) in [6.45, 7) is 15.4. The largest absolute Gasteiger partial charge is 0.489 e. The van der Waals surface area contributed by atoms with E-state index in [2.05, 4.69) is 0 Å². The molecule has 3 aromatic rings. The van der Waals surface area contributed by atoms with Gasteiger partial charge in [-0.2, -0.15) is 0 Å². The van der Waals surface area contributed by atoms with Gasteiger partial charge in [-0.1, -0.05) is 54.6 Å². The van der Waals surface area contributed by atoms with Gasteiger partial charge < -0.3 is 19.1 Å². The molecule has 0 bridgehead atoms. The summed E-state index contributed by atoms with van der Waals surface area (Å²) in [5.74, 6) is -0.0909. The van der Waals surface area contributed by atoms with Crippen LogP contribution in [0, 0.1) is 13.8 Å². The van der Waals surface area contributed by atoms with Gasteiger partial charge >= 0.3 is 12.1 Å². The predicted octanol–water partition coefficient (Wildman–Crippen LogP) is 6.96. The van der Waals surface area contributed by atoms with Crippen LogP contribution in [0.5, 0.6) is 5.75 Å². The van der Waals surface area contributed by atoms with Crippen LogP contribution in [-0.2, 0) is 45.1 Å². The number of ether oxygens (including phenoxy) is 3. The molecule has 2 amide bonds. The third kappa shape index (κ3) is 8.89. The average Bonchev–Trinajstić information content (AvgIpc) is 2.97. The molecule has 8 nitrogen and oxygen atoms in total. The van der Waals surface area contributed by atoms with E-state index in [9.17, 15) is 14.4 Å². The molecule has 0 aliphatic carbocycles. The lowest BCUT2D eigenvalue weighted by molar-refractivity contribution is -0.166. The van der Waals surface area contributed by atoms with E-state index in [-0.39, 0.29) is 18.9 Å². The monoisotopic (exact) mass is 628 g/mol. The fraction of sp³-hybridized carbons (Fsp3) is 0.447. The van der Waals surface area contributed by atoms with Gasteiger partial charge in [-0.3, -0.25) is 9.69 Å². The molecule has 46 heavy (non-hydrogen) atoms. The van der Waals surface area contributed by atoms with Gasteiger partial charge in [-0.25, -0.2) is 9.59 Å². The Morgan fingerprint density at radius 2 is 1.41 bits per heavy atom. The van der Waals surface area contributed by atoms with Crippen LogP contribution in [0.2, 0.25) is 0 Å². The van der Waals surface area contributed by atoms with Crippen molar-refractivity contribution in [3.63, 3.8) is 0 Å². The Morgan fingerprint density at radius 3 is 2.00 bits per heavy atom. The van der Waals surface area contributed by atoms with E-state index >= 15 is 0 Å². The Labute approximate surface area is 273 Å². The van der Waals surface area contributed by atoms with Crippen molar-refractivity contribution in [2.24, 2.45) is 0 Å². The minimum atomic E-state index is -0.946. The molecular formula is C38H48N2O6. The fourth-order valence-electron chi connectivity index (χ4n) is 5.67. The summed E-state index contributed by atoms with van der Waals surface area (Å²) < 4.78 is 17.6. The molecular weight excluding hydrogens is 580 g/mol. The number of carbonyl (C=O) groups is 3. The summed E-state index contributed by atoms with van der Waals surface area (Å²) in [5.41, 5.74) is 4.33. The minimum absolute atomic E-state index is 0.224. The molecule has 0 fully saturated rings. The maximum atomic E-state index is 14.7. The van der Waals surface area contributed by atoms with Crippen molar-refractivity contribution in [2.75, 3.05) is 7.05 Å². The first kappa shape index (κ1) is 34.5. The molecule has 4 rings (SSSR count). The highest BCUT2D eigenvalue weighted by molar-refractivity contribution is 5.91. The fourth-order valence-corrected chi connectivity index (χ4v) is 5.67. The van der Waals surface area contributed by atoms with Crippen LogP contribution in [0.15, 0.2) is 66.7 Å². The van der Waals surface area contributed by atoms with Crippen molar-refractivity contribution in [2.45, 2.75) is 105 Å². The second-order valence-electron chi connectivity index (χ2n) is 14.1. The first-order valence-corrected chi connectivity index (χ1v) is 15.8. The first-order chi connectivity index (χ1) is 21.5. The van der Waals surface area contributed by atoms with Crippen LogP contribution in [0.25, 0.3) is 0 Å². The number of hydrogen-bond acceptors (Lipinski definition) is 6. The van der Waals surface area contributed by atoms with Crippen LogP contribution in [-0.4, -0.2) is 58.1 Å². The lowest BCUT2D eigenvalue weighted by Gasteiger charge is -2.40. The summed E-state index contributed by atoms with van der Waals surface area (Å²) in [4.78, 5) is 44.7. The van der Waals surface area contributed by atoms with Gasteiger partial charge in [0.1, 0.15) is 35.6 Å². The number of carbonyl (C=O) groups excluding carboxylic acids is 3. The molecule has 3 aromatic carbocycles. The van der Waals surface area contributed by atoms with E-state index in [1.165, 1.54) is 4.90 Å². The first-order valence-electron chi connectivity index (χ1n) is 15.8. The summed E-state index contributed by atoms with van der Waals surface area (Å²) >= 11 is 0. The highest BCUT2D eigenvalue weighted by Gasteiger charge is 2.42. The third-order valence-electron chi connectivity index (χ3n) is 7.96. The highest BCUT2D eigenvalue weighted by atomic mass is 16.6. The van der Waals surface area contributed by atoms with Crippen LogP contribution in [0.1, 0.15) is 74.9 Å². The topological polar surface area (TPSA) is 85.4 Å². The average molecular weight is 629 g/mol. The number of aryl methyl sites for hydroxylation is 2. The molecule has 2 atom stereocenters. The van der Waals surface area contributed by atoms with Gasteiger partial charge in [-0.15, -0.1) is 0 Å². The molecule has 1 heterocycles. The number of amides is 2. The summed E-state index contributed by atoms with van der Waals surface area (Å²) in [5, 5.41) is 0. The van der Waals surface area contributed by atoms with Crippen molar-refractivity contribution in [1.29, 1.82) is 0 Å². The Bertz CT molecular complexity index is 1530. The van der Waals surface area contributed by atoms with Crippen molar-refractivity contribution >= 4 is 18.0 Å². The van der Waals surface area contributed by atoms with Crippen molar-refractivity contribution in [1.82, 2.24) is 9.80 Å². The molecule has 0 saturated carbocycles. The van der Waals surface area contributed by atoms with Crippen LogP contribution in [0.4, 0.5) is 4.79 Å². The smallest absolute Gasteiger partial charge is 0.410 e. The Balaban J connectivity index is 1.69. The Kier molecular flexibility index (Phi) is 10.5. The van der Waals surface area contributed by atoms with E-state index in [1.807, 2.05) is 101 Å². The summed E-state index contributed by atoms with van der Waals surface area (Å²) in [7, 11) is 1.58. The molecule has 0 aromatic heterocycles. The van der Waals surface area contributed by atoms with Crippen LogP contribution in [0.3, 0.4) is 0 Å². The summed E-state index contributed by atoms with van der Waals surface area (Å²) in [6, 6.07) is 19.9. The number of likely N-dealkylation sites (N-methyl/N-ethyl adjacent to an activating group) is 1. The molecule has 1 aliphatic heterocycles. The normalized spacial score (nSPS) is 15.4. The van der Waals surface area contributed by atoms with E-state index in [1.54, 1.807) is 32.7 Å². The molecule has 1 aliphatic rings. The summed E-state index contributed by atoms with van der Waals surface area (Å²) in [6.07, 6.45) is -0.0644. The second-order valence-corrected chi connectivity index (χ2v) is 14.1. The van der Waals surface area contributed by atoms with Gasteiger partial charge in [0.25, 0.3) is 0 Å². The van der Waals surface area contributed by atoms with Gasteiger partial charge in [0.2, 0.25) is 5.91 Å². The molecule has 0 N–H and O–H groups in total. The number of rotatable bonds is 8. The molecule has 0 spiro atoms. The molecule has 0 radical (unpaired) electrons. The molecule has 246 valence electrons. The van der Waals surface area contributed by atoms with E-state index in [0.29, 0.717) is 13.0 Å². The van der Waals surface area contributed by atoms with E-state index < -0.39 is 35.3 Å². The number of esters is 1. The minimum Gasteiger partial charge on any atom is -0.489 e. The van der Waals surface area contributed by atoms with E-state index in [0.717, 1.165) is 39.1 Å². The SMILES string of the molecule is Cc1cc(OCc2ccccc2)cc(C)c1CC(C(=O)N1Cc2ccccc2CC1C(=O)OC(C)(C)C)N(C)C(=O)OC(C)(C)C. The lowest BCUT2D eigenvalue weighted by Crippen LogP contribution is -2.57. The molecule has 2 unspecified atom stereocenters. The van der Waals surface area contributed by atoms with Gasteiger partial charge in [0, 0.05) is 26.4 Å². The zero-order chi connectivity index (χ0) is 33.8. The maximum absolute atomic E-state index is 14.7. The van der Waals surface area contributed by atoms with E-state index in [4.69, 9.17) is 14.2 Å². The maximum Gasteiger partial charge on any atom is 0.410 e. The third-order valence-corrected chi connectivity index (χ3v) is 7.96. The predicted molar refractivity (Wildman–Crippen MR) is 179 cm³/mol. The zero-order valence-corrected chi connectivity index (χ0v) is 28.7. The second kappa shape index (κ2) is 14.0. The number of nitrogens with zero attached hydrogens (tertiary/aromatic N) is 2. The van der Waals surface area contributed by atoms with Crippen LogP contribution < -0.4 is 4.74 Å². The van der Waals surface area contributed by atoms with Gasteiger partial charge in [-0.05, 0) is 101 Å². The number of benzene rings is 3. The van der Waals surface area contributed by atoms with Crippen molar-refractivity contribution in [3.8, 4) is 5.75 Å². The standard InChI is InChI=1S/C38H48N2O6/c1-25-19-30(44-24-27-15-11-10-12-16-27)20-26(2)31(25)22-32(39(9)36(43)46-38(6,7)8)34(41)40-23-29-18-14-13-17-28(29)21-33(40)35(42)45-37(3,4)5/h10-20,32-33H,21-24H2,1-9H3. The highest BCUT2D eigenvalue weighted by Crippen LogP contribution is 2.30. The molecule has 8 heteroatoms. The Morgan fingerprint density at radius 1 is 0.848 bits per heavy atom.